The molecule has 1 amide bonds. The summed E-state index contributed by atoms with van der Waals surface area (Å²) in [6.45, 7) is 4.08. The Morgan fingerprint density at radius 3 is 2.48 bits per heavy atom. The van der Waals surface area contributed by atoms with E-state index in [0.29, 0.717) is 5.56 Å². The minimum atomic E-state index is -0.00943. The molecule has 0 bridgehead atoms. The van der Waals surface area contributed by atoms with Crippen LogP contribution in [0, 0.1) is 0 Å². The topological polar surface area (TPSA) is 58.2 Å². The molecule has 1 aromatic carbocycles. The molecule has 0 spiro atoms. The van der Waals surface area contributed by atoms with Crippen molar-refractivity contribution in [1.82, 2.24) is 10.6 Å². The van der Waals surface area contributed by atoms with Gasteiger partial charge in [-0.1, -0.05) is 37.6 Å². The van der Waals surface area contributed by atoms with Crippen molar-refractivity contribution in [2.45, 2.75) is 57.9 Å². The lowest BCUT2D eigenvalue weighted by molar-refractivity contribution is -0.121. The quantitative estimate of drug-likeness (QED) is 0.725. The number of benzene rings is 1. The average Bonchev–Trinajstić information content (AvgIpc) is 2.59. The maximum atomic E-state index is 12.2. The van der Waals surface area contributed by atoms with Gasteiger partial charge in [0.1, 0.15) is 0 Å². The molecule has 0 radical (unpaired) electrons. The molecule has 23 heavy (non-hydrogen) atoms. The summed E-state index contributed by atoms with van der Waals surface area (Å²) in [4.78, 5) is 24.1. The number of carbonyl (C=O) groups excluding carboxylic acids is 2. The first kappa shape index (κ1) is 17.7. The molecule has 126 valence electrons. The van der Waals surface area contributed by atoms with Gasteiger partial charge in [-0.15, -0.1) is 0 Å². The summed E-state index contributed by atoms with van der Waals surface area (Å²) in [5, 5.41) is 6.30. The number of piperidine rings is 1. The number of Topliss-reactive ketones (excluding diaryl/α,β-unsaturated/α-hetero) is 1. The average molecular weight is 316 g/mol. The van der Waals surface area contributed by atoms with Crippen molar-refractivity contribution >= 4 is 11.7 Å². The molecule has 0 atom stereocenters. The number of aryl methyl sites for hydroxylation is 1. The molecule has 0 aromatic heterocycles. The Bertz CT molecular complexity index is 505. The van der Waals surface area contributed by atoms with Crippen molar-refractivity contribution in [3.05, 3.63) is 35.4 Å². The summed E-state index contributed by atoms with van der Waals surface area (Å²) in [6, 6.07) is 8.09. The maximum absolute atomic E-state index is 12.2. The van der Waals surface area contributed by atoms with E-state index in [4.69, 9.17) is 0 Å². The fourth-order valence-corrected chi connectivity index (χ4v) is 2.88. The second-order valence-corrected chi connectivity index (χ2v) is 6.32. The molecule has 0 saturated carbocycles. The predicted octanol–water partition coefficient (Wildman–Crippen LogP) is 2.86. The van der Waals surface area contributed by atoms with Crippen LogP contribution in [-0.2, 0) is 11.2 Å². The van der Waals surface area contributed by atoms with Crippen LogP contribution in [0.1, 0.15) is 61.4 Å². The van der Waals surface area contributed by atoms with Crippen LogP contribution in [0.2, 0.25) is 0 Å². The summed E-state index contributed by atoms with van der Waals surface area (Å²) in [6.07, 6.45) is 5.91. The van der Waals surface area contributed by atoms with E-state index in [1.807, 2.05) is 24.3 Å². The third-order valence-corrected chi connectivity index (χ3v) is 4.38. The Morgan fingerprint density at radius 1 is 1.13 bits per heavy atom. The van der Waals surface area contributed by atoms with Crippen LogP contribution in [0.3, 0.4) is 0 Å². The first-order chi connectivity index (χ1) is 11.2. The molecule has 1 aliphatic rings. The van der Waals surface area contributed by atoms with E-state index in [1.54, 1.807) is 0 Å². The number of amides is 1. The summed E-state index contributed by atoms with van der Waals surface area (Å²) >= 11 is 0. The first-order valence-corrected chi connectivity index (χ1v) is 8.81. The van der Waals surface area contributed by atoms with Crippen molar-refractivity contribution in [2.75, 3.05) is 13.1 Å². The smallest absolute Gasteiger partial charge is 0.220 e. The molecule has 1 saturated heterocycles. The van der Waals surface area contributed by atoms with E-state index in [1.165, 1.54) is 18.4 Å². The van der Waals surface area contributed by atoms with Crippen molar-refractivity contribution in [3.8, 4) is 0 Å². The highest BCUT2D eigenvalue weighted by molar-refractivity contribution is 5.98. The molecule has 0 unspecified atom stereocenters. The van der Waals surface area contributed by atoms with Crippen LogP contribution in [0.25, 0.3) is 0 Å². The Morgan fingerprint density at radius 2 is 1.83 bits per heavy atom. The zero-order valence-electron chi connectivity index (χ0n) is 14.1. The van der Waals surface area contributed by atoms with Gasteiger partial charge in [0.15, 0.2) is 5.78 Å². The maximum Gasteiger partial charge on any atom is 0.220 e. The fourth-order valence-electron chi connectivity index (χ4n) is 2.88. The number of unbranched alkanes of at least 4 members (excludes halogenated alkanes) is 1. The van der Waals surface area contributed by atoms with Crippen LogP contribution < -0.4 is 10.6 Å². The van der Waals surface area contributed by atoms with Crippen LogP contribution in [0.5, 0.6) is 0 Å². The lowest BCUT2D eigenvalue weighted by Gasteiger charge is -2.23. The normalized spacial score (nSPS) is 15.3. The van der Waals surface area contributed by atoms with Gasteiger partial charge < -0.3 is 10.6 Å². The summed E-state index contributed by atoms with van der Waals surface area (Å²) < 4.78 is 0. The fraction of sp³-hybridized carbons (Fsp3) is 0.579. The molecular formula is C19H28N2O2. The van der Waals surface area contributed by atoms with Crippen LogP contribution in [0.4, 0.5) is 0 Å². The second-order valence-electron chi connectivity index (χ2n) is 6.32. The van der Waals surface area contributed by atoms with Gasteiger partial charge >= 0.3 is 0 Å². The minimum Gasteiger partial charge on any atom is -0.353 e. The molecular weight excluding hydrogens is 288 g/mol. The Balaban J connectivity index is 1.74. The molecule has 2 rings (SSSR count). The summed E-state index contributed by atoms with van der Waals surface area (Å²) in [7, 11) is 0. The van der Waals surface area contributed by atoms with Crippen LogP contribution in [-0.4, -0.2) is 30.8 Å². The molecule has 1 heterocycles. The highest BCUT2D eigenvalue weighted by Gasteiger charge is 2.16. The van der Waals surface area contributed by atoms with Gasteiger partial charge in [0.05, 0.1) is 0 Å². The van der Waals surface area contributed by atoms with E-state index in [-0.39, 0.29) is 30.6 Å². The van der Waals surface area contributed by atoms with Gasteiger partial charge in [-0.2, -0.15) is 0 Å². The molecule has 1 aliphatic heterocycles. The molecule has 4 nitrogen and oxygen atoms in total. The molecule has 4 heteroatoms. The van der Waals surface area contributed by atoms with Gasteiger partial charge in [0.2, 0.25) is 5.91 Å². The van der Waals surface area contributed by atoms with Gasteiger partial charge in [-0.25, -0.2) is 0 Å². The minimum absolute atomic E-state index is 0.00943. The summed E-state index contributed by atoms with van der Waals surface area (Å²) in [5.41, 5.74) is 1.98. The number of carbonyl (C=O) groups is 2. The Kier molecular flexibility index (Phi) is 7.27. The Hall–Kier alpha value is -1.68. The third-order valence-electron chi connectivity index (χ3n) is 4.38. The van der Waals surface area contributed by atoms with Crippen molar-refractivity contribution in [1.29, 1.82) is 0 Å². The van der Waals surface area contributed by atoms with E-state index in [0.717, 1.165) is 32.4 Å². The van der Waals surface area contributed by atoms with Crippen molar-refractivity contribution in [2.24, 2.45) is 0 Å². The lowest BCUT2D eigenvalue weighted by Crippen LogP contribution is -2.42. The monoisotopic (exact) mass is 316 g/mol. The number of rotatable bonds is 8. The van der Waals surface area contributed by atoms with Gasteiger partial charge in [-0.05, 0) is 44.3 Å². The molecule has 1 fully saturated rings. The first-order valence-electron chi connectivity index (χ1n) is 8.81. The van der Waals surface area contributed by atoms with E-state index >= 15 is 0 Å². The van der Waals surface area contributed by atoms with Crippen molar-refractivity contribution < 1.29 is 9.59 Å². The lowest BCUT2D eigenvalue weighted by atomic mass is 10.0. The molecule has 1 aromatic rings. The number of hydrogen-bond donors (Lipinski definition) is 2. The van der Waals surface area contributed by atoms with Gasteiger partial charge in [0, 0.05) is 24.4 Å². The van der Waals surface area contributed by atoms with Crippen LogP contribution >= 0.6 is 0 Å². The van der Waals surface area contributed by atoms with Crippen molar-refractivity contribution in [3.63, 3.8) is 0 Å². The Labute approximate surface area is 139 Å². The standard InChI is InChI=1S/C19H28N2O2/c1-2-3-4-15-5-7-16(8-6-15)18(22)9-10-19(23)21-17-11-13-20-14-12-17/h5-8,17,20H,2-4,9-14H2,1H3,(H,21,23). The summed E-state index contributed by atoms with van der Waals surface area (Å²) in [5.74, 6) is 0.0392. The zero-order valence-corrected chi connectivity index (χ0v) is 14.1. The number of ketones is 1. The third kappa shape index (κ3) is 6.14. The highest BCUT2D eigenvalue weighted by Crippen LogP contribution is 2.11. The molecule has 0 aliphatic carbocycles. The van der Waals surface area contributed by atoms with E-state index in [9.17, 15) is 9.59 Å². The van der Waals surface area contributed by atoms with Gasteiger partial charge in [0.25, 0.3) is 0 Å². The predicted molar refractivity (Wildman–Crippen MR) is 92.7 cm³/mol. The second kappa shape index (κ2) is 9.46. The zero-order chi connectivity index (χ0) is 16.5. The van der Waals surface area contributed by atoms with Gasteiger partial charge in [-0.3, -0.25) is 9.59 Å². The van der Waals surface area contributed by atoms with E-state index < -0.39 is 0 Å². The molecule has 2 N–H and O–H groups in total. The number of nitrogens with one attached hydrogen (secondary N) is 2. The number of hydrogen-bond acceptors (Lipinski definition) is 3. The largest absolute Gasteiger partial charge is 0.353 e. The van der Waals surface area contributed by atoms with E-state index in [2.05, 4.69) is 17.6 Å². The SMILES string of the molecule is CCCCc1ccc(C(=O)CCC(=O)NC2CCNCC2)cc1. The highest BCUT2D eigenvalue weighted by atomic mass is 16.2. The van der Waals surface area contributed by atoms with Crippen LogP contribution in [0.15, 0.2) is 24.3 Å².